The van der Waals surface area contributed by atoms with Crippen molar-refractivity contribution >= 4 is 5.96 Å². The van der Waals surface area contributed by atoms with E-state index in [0.29, 0.717) is 13.1 Å². The van der Waals surface area contributed by atoms with Crippen molar-refractivity contribution in [3.05, 3.63) is 53.9 Å². The molecule has 0 aliphatic carbocycles. The van der Waals surface area contributed by atoms with Gasteiger partial charge < -0.3 is 20.1 Å². The predicted molar refractivity (Wildman–Crippen MR) is 105 cm³/mol. The monoisotopic (exact) mass is 356 g/mol. The highest BCUT2D eigenvalue weighted by Gasteiger charge is 2.22. The molecule has 0 aliphatic heterocycles. The number of rotatable bonds is 7. The van der Waals surface area contributed by atoms with Gasteiger partial charge in [0.1, 0.15) is 0 Å². The van der Waals surface area contributed by atoms with Crippen LogP contribution >= 0.6 is 0 Å². The van der Waals surface area contributed by atoms with Gasteiger partial charge in [0.25, 0.3) is 0 Å². The molecule has 0 atom stereocenters. The van der Waals surface area contributed by atoms with Gasteiger partial charge in [-0.3, -0.25) is 9.98 Å². The molecule has 1 aromatic heterocycles. The van der Waals surface area contributed by atoms with E-state index in [1.165, 1.54) is 0 Å². The molecule has 0 radical (unpaired) electrons. The second-order valence-electron chi connectivity index (χ2n) is 6.55. The third kappa shape index (κ3) is 5.12. The molecule has 0 fully saturated rings. The van der Waals surface area contributed by atoms with Gasteiger partial charge in [-0.25, -0.2) is 0 Å². The van der Waals surface area contributed by atoms with E-state index in [1.54, 1.807) is 27.5 Å². The summed E-state index contributed by atoms with van der Waals surface area (Å²) in [6, 6.07) is 11.9. The zero-order chi connectivity index (χ0) is 19.0. The molecule has 1 aromatic carbocycles. The van der Waals surface area contributed by atoms with Gasteiger partial charge in [-0.2, -0.15) is 0 Å². The van der Waals surface area contributed by atoms with E-state index >= 15 is 0 Å². The molecule has 26 heavy (non-hydrogen) atoms. The number of guanidine groups is 1. The van der Waals surface area contributed by atoms with E-state index < -0.39 is 0 Å². The minimum Gasteiger partial charge on any atom is -0.493 e. The van der Waals surface area contributed by atoms with Crippen LogP contribution in [-0.4, -0.2) is 38.8 Å². The number of aromatic nitrogens is 1. The molecule has 2 rings (SSSR count). The summed E-state index contributed by atoms with van der Waals surface area (Å²) >= 11 is 0. The van der Waals surface area contributed by atoms with Crippen molar-refractivity contribution in [3.8, 4) is 11.5 Å². The van der Waals surface area contributed by atoms with Crippen molar-refractivity contribution in [3.63, 3.8) is 0 Å². The molecular weight excluding hydrogens is 328 g/mol. The fourth-order valence-electron chi connectivity index (χ4n) is 2.56. The van der Waals surface area contributed by atoms with Crippen LogP contribution in [0, 0.1) is 0 Å². The Morgan fingerprint density at radius 2 is 1.85 bits per heavy atom. The molecule has 0 amide bonds. The lowest BCUT2D eigenvalue weighted by Crippen LogP contribution is -2.43. The van der Waals surface area contributed by atoms with Crippen LogP contribution in [0.4, 0.5) is 0 Å². The first-order chi connectivity index (χ1) is 12.5. The summed E-state index contributed by atoms with van der Waals surface area (Å²) in [4.78, 5) is 8.59. The molecule has 0 unspecified atom stereocenters. The molecule has 6 nitrogen and oxygen atoms in total. The van der Waals surface area contributed by atoms with Crippen LogP contribution in [-0.2, 0) is 12.0 Å². The van der Waals surface area contributed by atoms with Gasteiger partial charge in [-0.05, 0) is 29.8 Å². The SMILES string of the molecule is CN=C(NCc1ccccn1)NCC(C)(C)c1ccc(OC)c(OC)c1. The lowest BCUT2D eigenvalue weighted by molar-refractivity contribution is 0.353. The van der Waals surface area contributed by atoms with Crippen LogP contribution in [0.25, 0.3) is 0 Å². The number of hydrogen-bond acceptors (Lipinski definition) is 4. The number of hydrogen-bond donors (Lipinski definition) is 2. The first-order valence-electron chi connectivity index (χ1n) is 8.57. The maximum Gasteiger partial charge on any atom is 0.191 e. The normalized spacial score (nSPS) is 11.8. The van der Waals surface area contributed by atoms with Gasteiger partial charge in [-0.1, -0.05) is 26.0 Å². The highest BCUT2D eigenvalue weighted by atomic mass is 16.5. The quantitative estimate of drug-likeness (QED) is 0.590. The molecule has 0 saturated heterocycles. The van der Waals surface area contributed by atoms with E-state index in [1.807, 2.05) is 30.3 Å². The smallest absolute Gasteiger partial charge is 0.191 e. The average molecular weight is 356 g/mol. The Kier molecular flexibility index (Phi) is 6.83. The summed E-state index contributed by atoms with van der Waals surface area (Å²) in [7, 11) is 5.05. The van der Waals surface area contributed by atoms with Crippen LogP contribution in [0.5, 0.6) is 11.5 Å². The molecule has 6 heteroatoms. The largest absolute Gasteiger partial charge is 0.493 e. The zero-order valence-electron chi connectivity index (χ0n) is 16.2. The second-order valence-corrected chi connectivity index (χ2v) is 6.55. The molecule has 0 aliphatic rings. The second kappa shape index (κ2) is 9.08. The van der Waals surface area contributed by atoms with Gasteiger partial charge >= 0.3 is 0 Å². The van der Waals surface area contributed by atoms with Crippen molar-refractivity contribution in [1.82, 2.24) is 15.6 Å². The molecule has 2 N–H and O–H groups in total. The van der Waals surface area contributed by atoms with Crippen molar-refractivity contribution in [2.24, 2.45) is 4.99 Å². The van der Waals surface area contributed by atoms with Crippen molar-refractivity contribution in [2.75, 3.05) is 27.8 Å². The Morgan fingerprint density at radius 1 is 1.08 bits per heavy atom. The first-order valence-corrected chi connectivity index (χ1v) is 8.57. The highest BCUT2D eigenvalue weighted by Crippen LogP contribution is 2.32. The maximum atomic E-state index is 5.42. The van der Waals surface area contributed by atoms with Crippen molar-refractivity contribution < 1.29 is 9.47 Å². The third-order valence-electron chi connectivity index (χ3n) is 4.25. The van der Waals surface area contributed by atoms with E-state index in [2.05, 4.69) is 40.5 Å². The number of ether oxygens (including phenoxy) is 2. The van der Waals surface area contributed by atoms with E-state index in [-0.39, 0.29) is 5.41 Å². The Bertz CT molecular complexity index is 730. The van der Waals surface area contributed by atoms with Crippen LogP contribution in [0.2, 0.25) is 0 Å². The van der Waals surface area contributed by atoms with E-state index in [4.69, 9.17) is 9.47 Å². The summed E-state index contributed by atoms with van der Waals surface area (Å²) in [5, 5.41) is 6.67. The average Bonchev–Trinajstić information content (AvgIpc) is 2.68. The number of methoxy groups -OCH3 is 2. The summed E-state index contributed by atoms with van der Waals surface area (Å²) in [5.74, 6) is 2.20. The summed E-state index contributed by atoms with van der Waals surface area (Å²) in [6.45, 7) is 5.68. The minimum absolute atomic E-state index is 0.123. The minimum atomic E-state index is -0.123. The summed E-state index contributed by atoms with van der Waals surface area (Å²) < 4.78 is 10.7. The van der Waals surface area contributed by atoms with Crippen LogP contribution < -0.4 is 20.1 Å². The molecule has 0 bridgehead atoms. The molecule has 1 heterocycles. The zero-order valence-corrected chi connectivity index (χ0v) is 16.2. The first kappa shape index (κ1) is 19.6. The van der Waals surface area contributed by atoms with Crippen LogP contribution in [0.1, 0.15) is 25.1 Å². The van der Waals surface area contributed by atoms with Crippen molar-refractivity contribution in [2.45, 2.75) is 25.8 Å². The van der Waals surface area contributed by atoms with Gasteiger partial charge in [0.2, 0.25) is 0 Å². The van der Waals surface area contributed by atoms with E-state index in [9.17, 15) is 0 Å². The van der Waals surface area contributed by atoms with Crippen LogP contribution in [0.3, 0.4) is 0 Å². The Hall–Kier alpha value is -2.76. The van der Waals surface area contributed by atoms with Gasteiger partial charge in [-0.15, -0.1) is 0 Å². The number of benzene rings is 1. The Morgan fingerprint density at radius 3 is 2.46 bits per heavy atom. The maximum absolute atomic E-state index is 5.42. The number of nitrogens with zero attached hydrogens (tertiary/aromatic N) is 2. The Labute approximate surface area is 155 Å². The number of aliphatic imine (C=N–C) groups is 1. The number of nitrogens with one attached hydrogen (secondary N) is 2. The molecule has 2 aromatic rings. The lowest BCUT2D eigenvalue weighted by atomic mass is 9.84. The molecule has 0 saturated carbocycles. The predicted octanol–water partition coefficient (Wildman–Crippen LogP) is 2.74. The fourth-order valence-corrected chi connectivity index (χ4v) is 2.56. The summed E-state index contributed by atoms with van der Waals surface area (Å²) in [6.07, 6.45) is 1.79. The lowest BCUT2D eigenvalue weighted by Gasteiger charge is -2.27. The third-order valence-corrected chi connectivity index (χ3v) is 4.25. The van der Waals surface area contributed by atoms with Crippen LogP contribution in [0.15, 0.2) is 47.6 Å². The van der Waals surface area contributed by atoms with E-state index in [0.717, 1.165) is 28.7 Å². The van der Waals surface area contributed by atoms with Gasteiger partial charge in [0.05, 0.1) is 26.5 Å². The Balaban J connectivity index is 1.99. The standard InChI is InChI=1S/C20H28N4O2/c1-20(2,15-9-10-17(25-4)18(12-15)26-5)14-24-19(21-3)23-13-16-8-6-7-11-22-16/h6-12H,13-14H2,1-5H3,(H2,21,23,24). The summed E-state index contributed by atoms with van der Waals surface area (Å²) in [5.41, 5.74) is 2.00. The topological polar surface area (TPSA) is 67.8 Å². The molecule has 0 spiro atoms. The van der Waals surface area contributed by atoms with Gasteiger partial charge in [0, 0.05) is 25.2 Å². The number of pyridine rings is 1. The molecule has 140 valence electrons. The fraction of sp³-hybridized carbons (Fsp3) is 0.400. The molecular formula is C20H28N4O2. The van der Waals surface area contributed by atoms with Crippen molar-refractivity contribution in [1.29, 1.82) is 0 Å². The highest BCUT2D eigenvalue weighted by molar-refractivity contribution is 5.79. The van der Waals surface area contributed by atoms with Gasteiger partial charge in [0.15, 0.2) is 17.5 Å².